The van der Waals surface area contributed by atoms with Crippen molar-refractivity contribution in [3.8, 4) is 0 Å². The second kappa shape index (κ2) is 4.85. The van der Waals surface area contributed by atoms with Crippen molar-refractivity contribution in [2.24, 2.45) is 12.5 Å². The highest BCUT2D eigenvalue weighted by Crippen LogP contribution is 2.28. The van der Waals surface area contributed by atoms with Crippen molar-refractivity contribution in [1.29, 1.82) is 0 Å². The Hall–Kier alpha value is -1.55. The van der Waals surface area contributed by atoms with Crippen molar-refractivity contribution in [2.75, 3.05) is 25.0 Å². The molecule has 2 N–H and O–H groups in total. The molecule has 0 amide bonds. The average molecular weight is 258 g/mol. The van der Waals surface area contributed by atoms with E-state index in [0.29, 0.717) is 5.41 Å². The first-order valence-corrected chi connectivity index (χ1v) is 7.04. The molecule has 1 aromatic carbocycles. The van der Waals surface area contributed by atoms with Crippen LogP contribution >= 0.6 is 0 Å². The van der Waals surface area contributed by atoms with Crippen LogP contribution in [-0.4, -0.2) is 29.2 Å². The van der Waals surface area contributed by atoms with Crippen molar-refractivity contribution >= 4 is 17.0 Å². The van der Waals surface area contributed by atoms with Gasteiger partial charge in [0.2, 0.25) is 5.95 Å². The third kappa shape index (κ3) is 2.45. The summed E-state index contributed by atoms with van der Waals surface area (Å²) in [5, 5.41) is 6.96. The maximum absolute atomic E-state index is 4.66. The summed E-state index contributed by atoms with van der Waals surface area (Å²) >= 11 is 0. The van der Waals surface area contributed by atoms with Gasteiger partial charge in [0, 0.05) is 13.6 Å². The second-order valence-electron chi connectivity index (χ2n) is 5.90. The summed E-state index contributed by atoms with van der Waals surface area (Å²) in [7, 11) is 2.07. The Morgan fingerprint density at radius 1 is 1.32 bits per heavy atom. The molecular formula is C15H22N4. The summed E-state index contributed by atoms with van der Waals surface area (Å²) in [5.41, 5.74) is 2.62. The molecule has 1 aliphatic heterocycles. The molecular weight excluding hydrogens is 236 g/mol. The van der Waals surface area contributed by atoms with E-state index in [9.17, 15) is 0 Å². The van der Waals surface area contributed by atoms with Gasteiger partial charge in [0.1, 0.15) is 0 Å². The summed E-state index contributed by atoms with van der Waals surface area (Å²) in [6, 6.07) is 8.27. The third-order valence-corrected chi connectivity index (χ3v) is 4.27. The Balaban J connectivity index is 1.76. The lowest BCUT2D eigenvalue weighted by molar-refractivity contribution is 0.246. The Kier molecular flexibility index (Phi) is 3.19. The maximum atomic E-state index is 4.66. The van der Waals surface area contributed by atoms with Crippen LogP contribution in [0.1, 0.15) is 19.8 Å². The largest absolute Gasteiger partial charge is 0.355 e. The number of rotatable bonds is 3. The molecule has 0 bridgehead atoms. The standard InChI is InChI=1S/C15H22N4/c1-15(7-9-16-10-8-15)11-17-14-18-12-5-3-4-6-13(12)19(14)2/h3-6,16H,7-11H2,1-2H3,(H,17,18). The first-order valence-electron chi connectivity index (χ1n) is 7.04. The maximum Gasteiger partial charge on any atom is 0.203 e. The molecule has 4 heteroatoms. The van der Waals surface area contributed by atoms with Crippen LogP contribution < -0.4 is 10.6 Å². The number of benzene rings is 1. The molecule has 0 atom stereocenters. The Morgan fingerprint density at radius 2 is 2.05 bits per heavy atom. The number of aromatic nitrogens is 2. The predicted octanol–water partition coefficient (Wildman–Crippen LogP) is 2.37. The van der Waals surface area contributed by atoms with Gasteiger partial charge in [0.05, 0.1) is 11.0 Å². The van der Waals surface area contributed by atoms with E-state index in [4.69, 9.17) is 0 Å². The topological polar surface area (TPSA) is 41.9 Å². The van der Waals surface area contributed by atoms with Crippen LogP contribution in [0.3, 0.4) is 0 Å². The first kappa shape index (κ1) is 12.5. The van der Waals surface area contributed by atoms with Crippen LogP contribution in [0.5, 0.6) is 0 Å². The van der Waals surface area contributed by atoms with Gasteiger partial charge in [0.15, 0.2) is 0 Å². The predicted molar refractivity (Wildman–Crippen MR) is 79.4 cm³/mol. The Morgan fingerprint density at radius 3 is 2.79 bits per heavy atom. The van der Waals surface area contributed by atoms with Crippen molar-refractivity contribution < 1.29 is 0 Å². The lowest BCUT2D eigenvalue weighted by Gasteiger charge is -2.34. The fourth-order valence-electron chi connectivity index (χ4n) is 2.80. The van der Waals surface area contributed by atoms with E-state index in [2.05, 4.69) is 52.4 Å². The lowest BCUT2D eigenvalue weighted by atomic mass is 9.81. The first-order chi connectivity index (χ1) is 9.18. The van der Waals surface area contributed by atoms with Crippen molar-refractivity contribution in [3.63, 3.8) is 0 Å². The molecule has 0 spiro atoms. The van der Waals surface area contributed by atoms with Gasteiger partial charge in [0.25, 0.3) is 0 Å². The smallest absolute Gasteiger partial charge is 0.203 e. The minimum absolute atomic E-state index is 0.378. The lowest BCUT2D eigenvalue weighted by Crippen LogP contribution is -2.39. The van der Waals surface area contributed by atoms with E-state index >= 15 is 0 Å². The number of fused-ring (bicyclic) bond motifs is 1. The van der Waals surface area contributed by atoms with Gasteiger partial charge in [-0.25, -0.2) is 4.98 Å². The summed E-state index contributed by atoms with van der Waals surface area (Å²) in [4.78, 5) is 4.66. The van der Waals surface area contributed by atoms with Gasteiger partial charge < -0.3 is 15.2 Å². The quantitative estimate of drug-likeness (QED) is 0.888. The number of nitrogens with one attached hydrogen (secondary N) is 2. The summed E-state index contributed by atoms with van der Waals surface area (Å²) in [5.74, 6) is 0.973. The molecule has 1 aromatic heterocycles. The SMILES string of the molecule is Cn1c(NCC2(C)CCNCC2)nc2ccccc21. The number of nitrogens with zero attached hydrogens (tertiary/aromatic N) is 2. The number of imidazole rings is 1. The molecule has 0 saturated carbocycles. The van der Waals surface area contributed by atoms with E-state index in [0.717, 1.165) is 31.1 Å². The fourth-order valence-corrected chi connectivity index (χ4v) is 2.80. The van der Waals surface area contributed by atoms with E-state index in [-0.39, 0.29) is 0 Å². The molecule has 2 aromatic rings. The number of anilines is 1. The Labute approximate surface area is 114 Å². The van der Waals surface area contributed by atoms with Crippen LogP contribution in [0.25, 0.3) is 11.0 Å². The molecule has 0 aliphatic carbocycles. The Bertz CT molecular complexity index is 567. The zero-order chi connectivity index (χ0) is 13.3. The van der Waals surface area contributed by atoms with Gasteiger partial charge in [-0.05, 0) is 43.5 Å². The molecule has 3 rings (SSSR count). The molecule has 2 heterocycles. The number of para-hydroxylation sites is 2. The van der Waals surface area contributed by atoms with E-state index in [1.807, 2.05) is 6.07 Å². The highest BCUT2D eigenvalue weighted by molar-refractivity contribution is 5.78. The number of hydrogen-bond acceptors (Lipinski definition) is 3. The van der Waals surface area contributed by atoms with Crippen molar-refractivity contribution in [3.05, 3.63) is 24.3 Å². The van der Waals surface area contributed by atoms with Crippen molar-refractivity contribution in [1.82, 2.24) is 14.9 Å². The molecule has 102 valence electrons. The highest BCUT2D eigenvalue weighted by atomic mass is 15.2. The van der Waals surface area contributed by atoms with Crippen LogP contribution in [0.15, 0.2) is 24.3 Å². The summed E-state index contributed by atoms with van der Waals surface area (Å²) in [6.45, 7) is 5.61. The number of aryl methyl sites for hydroxylation is 1. The van der Waals surface area contributed by atoms with Crippen molar-refractivity contribution in [2.45, 2.75) is 19.8 Å². The normalized spacial score (nSPS) is 18.6. The molecule has 0 unspecified atom stereocenters. The molecule has 0 radical (unpaired) electrons. The van der Waals surface area contributed by atoms with Gasteiger partial charge in [-0.1, -0.05) is 19.1 Å². The monoisotopic (exact) mass is 258 g/mol. The molecule has 1 aliphatic rings. The minimum Gasteiger partial charge on any atom is -0.355 e. The minimum atomic E-state index is 0.378. The van der Waals surface area contributed by atoms with Crippen LogP contribution in [0.4, 0.5) is 5.95 Å². The zero-order valence-corrected chi connectivity index (χ0v) is 11.7. The zero-order valence-electron chi connectivity index (χ0n) is 11.7. The highest BCUT2D eigenvalue weighted by Gasteiger charge is 2.26. The van der Waals surface area contributed by atoms with E-state index in [1.54, 1.807) is 0 Å². The average Bonchev–Trinajstić information content (AvgIpc) is 2.75. The van der Waals surface area contributed by atoms with E-state index < -0.39 is 0 Å². The van der Waals surface area contributed by atoms with Crippen LogP contribution in [0.2, 0.25) is 0 Å². The molecule has 4 nitrogen and oxygen atoms in total. The molecule has 1 saturated heterocycles. The van der Waals surface area contributed by atoms with Gasteiger partial charge in [-0.15, -0.1) is 0 Å². The number of piperidine rings is 1. The summed E-state index contributed by atoms with van der Waals surface area (Å²) in [6.07, 6.45) is 2.45. The second-order valence-corrected chi connectivity index (χ2v) is 5.90. The summed E-state index contributed by atoms with van der Waals surface area (Å²) < 4.78 is 2.14. The van der Waals surface area contributed by atoms with Gasteiger partial charge in [-0.3, -0.25) is 0 Å². The van der Waals surface area contributed by atoms with Crippen LogP contribution in [-0.2, 0) is 7.05 Å². The van der Waals surface area contributed by atoms with Crippen LogP contribution in [0, 0.1) is 5.41 Å². The van der Waals surface area contributed by atoms with Gasteiger partial charge >= 0.3 is 0 Å². The third-order valence-electron chi connectivity index (χ3n) is 4.27. The molecule has 1 fully saturated rings. The fraction of sp³-hybridized carbons (Fsp3) is 0.533. The molecule has 19 heavy (non-hydrogen) atoms. The van der Waals surface area contributed by atoms with Gasteiger partial charge in [-0.2, -0.15) is 0 Å². The number of hydrogen-bond donors (Lipinski definition) is 2. The van der Waals surface area contributed by atoms with E-state index in [1.165, 1.54) is 18.4 Å².